The molecule has 0 radical (unpaired) electrons. The SMILES string of the molecule is CCOC(=O)CNC(=O)c1cccc(N)c1OCC. The van der Waals surface area contributed by atoms with E-state index in [9.17, 15) is 9.59 Å². The van der Waals surface area contributed by atoms with E-state index in [2.05, 4.69) is 5.32 Å². The largest absolute Gasteiger partial charge is 0.491 e. The highest BCUT2D eigenvalue weighted by molar-refractivity contribution is 5.99. The molecule has 104 valence electrons. The van der Waals surface area contributed by atoms with E-state index in [1.807, 2.05) is 0 Å². The number of carbonyl (C=O) groups is 2. The molecule has 1 rings (SSSR count). The summed E-state index contributed by atoms with van der Waals surface area (Å²) >= 11 is 0. The number of carbonyl (C=O) groups excluding carboxylic acids is 2. The predicted octanol–water partition coefficient (Wildman–Crippen LogP) is 0.960. The highest BCUT2D eigenvalue weighted by Crippen LogP contribution is 2.26. The van der Waals surface area contributed by atoms with Crippen LogP contribution in [-0.2, 0) is 9.53 Å². The molecule has 0 saturated heterocycles. The first-order valence-corrected chi connectivity index (χ1v) is 6.05. The quantitative estimate of drug-likeness (QED) is 0.591. The van der Waals surface area contributed by atoms with Gasteiger partial charge in [0.25, 0.3) is 5.91 Å². The molecule has 0 unspecified atom stereocenters. The fraction of sp³-hybridized carbons (Fsp3) is 0.385. The first-order valence-electron chi connectivity index (χ1n) is 6.05. The van der Waals surface area contributed by atoms with Gasteiger partial charge in [0.15, 0.2) is 5.75 Å². The van der Waals surface area contributed by atoms with Crippen molar-refractivity contribution in [1.29, 1.82) is 0 Å². The summed E-state index contributed by atoms with van der Waals surface area (Å²) in [4.78, 5) is 23.1. The van der Waals surface area contributed by atoms with Crippen molar-refractivity contribution in [2.45, 2.75) is 13.8 Å². The highest BCUT2D eigenvalue weighted by atomic mass is 16.5. The molecular weight excluding hydrogens is 248 g/mol. The lowest BCUT2D eigenvalue weighted by atomic mass is 10.1. The Morgan fingerprint density at radius 1 is 1.26 bits per heavy atom. The summed E-state index contributed by atoms with van der Waals surface area (Å²) in [5.41, 5.74) is 6.43. The normalized spacial score (nSPS) is 9.79. The zero-order valence-electron chi connectivity index (χ0n) is 11.1. The standard InChI is InChI=1S/C13H18N2O4/c1-3-18-11(16)8-15-13(17)9-6-5-7-10(14)12(9)19-4-2/h5-7H,3-4,8,14H2,1-2H3,(H,15,17). The van der Waals surface area contributed by atoms with Crippen LogP contribution in [0.25, 0.3) is 0 Å². The third-order valence-corrected chi connectivity index (χ3v) is 2.28. The molecule has 0 saturated carbocycles. The number of hydrogen-bond donors (Lipinski definition) is 2. The zero-order chi connectivity index (χ0) is 14.3. The summed E-state index contributed by atoms with van der Waals surface area (Å²) in [6.07, 6.45) is 0. The van der Waals surface area contributed by atoms with Crippen molar-refractivity contribution in [3.63, 3.8) is 0 Å². The highest BCUT2D eigenvalue weighted by Gasteiger charge is 2.15. The molecule has 3 N–H and O–H groups in total. The number of esters is 1. The van der Waals surface area contributed by atoms with Crippen LogP contribution in [0.4, 0.5) is 5.69 Å². The molecule has 0 aliphatic carbocycles. The monoisotopic (exact) mass is 266 g/mol. The smallest absolute Gasteiger partial charge is 0.325 e. The Morgan fingerprint density at radius 2 is 2.00 bits per heavy atom. The van der Waals surface area contributed by atoms with Gasteiger partial charge in [-0.3, -0.25) is 9.59 Å². The molecule has 0 spiro atoms. The molecule has 1 aromatic carbocycles. The number of para-hydroxylation sites is 1. The maximum absolute atomic E-state index is 11.9. The summed E-state index contributed by atoms with van der Waals surface area (Å²) in [7, 11) is 0. The van der Waals surface area contributed by atoms with E-state index in [1.54, 1.807) is 32.0 Å². The fourth-order valence-corrected chi connectivity index (χ4v) is 1.50. The van der Waals surface area contributed by atoms with Crippen LogP contribution >= 0.6 is 0 Å². The van der Waals surface area contributed by atoms with Gasteiger partial charge < -0.3 is 20.5 Å². The van der Waals surface area contributed by atoms with Crippen LogP contribution in [0.15, 0.2) is 18.2 Å². The molecule has 1 aromatic rings. The minimum atomic E-state index is -0.488. The minimum Gasteiger partial charge on any atom is -0.491 e. The number of benzene rings is 1. The summed E-state index contributed by atoms with van der Waals surface area (Å²) < 4.78 is 10.1. The van der Waals surface area contributed by atoms with Crippen LogP contribution in [0.1, 0.15) is 24.2 Å². The van der Waals surface area contributed by atoms with E-state index >= 15 is 0 Å². The van der Waals surface area contributed by atoms with Crippen LogP contribution in [0.2, 0.25) is 0 Å². The van der Waals surface area contributed by atoms with Crippen molar-refractivity contribution in [1.82, 2.24) is 5.32 Å². The molecule has 0 atom stereocenters. The number of nitrogens with two attached hydrogens (primary N) is 1. The second-order valence-electron chi connectivity index (χ2n) is 3.64. The van der Waals surface area contributed by atoms with E-state index in [0.717, 1.165) is 0 Å². The molecule has 6 nitrogen and oxygen atoms in total. The van der Waals surface area contributed by atoms with Crippen LogP contribution in [0, 0.1) is 0 Å². The number of ether oxygens (including phenoxy) is 2. The van der Waals surface area contributed by atoms with Crippen molar-refractivity contribution in [2.24, 2.45) is 0 Å². The van der Waals surface area contributed by atoms with Gasteiger partial charge in [-0.2, -0.15) is 0 Å². The third kappa shape index (κ3) is 4.17. The lowest BCUT2D eigenvalue weighted by Gasteiger charge is -2.12. The molecule has 1 amide bonds. The van der Waals surface area contributed by atoms with Gasteiger partial charge in [0.1, 0.15) is 6.54 Å². The molecule has 19 heavy (non-hydrogen) atoms. The van der Waals surface area contributed by atoms with E-state index < -0.39 is 11.9 Å². The molecule has 6 heteroatoms. The Morgan fingerprint density at radius 3 is 2.63 bits per heavy atom. The number of nitrogens with one attached hydrogen (secondary N) is 1. The van der Waals surface area contributed by atoms with Gasteiger partial charge >= 0.3 is 5.97 Å². The summed E-state index contributed by atoms with van der Waals surface area (Å²) in [5.74, 6) is -0.590. The second kappa shape index (κ2) is 7.25. The van der Waals surface area contributed by atoms with Gasteiger partial charge in [-0.15, -0.1) is 0 Å². The van der Waals surface area contributed by atoms with Gasteiger partial charge in [-0.1, -0.05) is 6.07 Å². The Balaban J connectivity index is 2.76. The van der Waals surface area contributed by atoms with Gasteiger partial charge in [-0.25, -0.2) is 0 Å². The number of hydrogen-bond acceptors (Lipinski definition) is 5. The Kier molecular flexibility index (Phi) is 5.66. The third-order valence-electron chi connectivity index (χ3n) is 2.28. The van der Waals surface area contributed by atoms with Crippen molar-refractivity contribution < 1.29 is 19.1 Å². The summed E-state index contributed by atoms with van der Waals surface area (Å²) in [6, 6.07) is 4.88. The summed E-state index contributed by atoms with van der Waals surface area (Å²) in [6.45, 7) is 3.98. The fourth-order valence-electron chi connectivity index (χ4n) is 1.50. The van der Waals surface area contributed by atoms with E-state index in [-0.39, 0.29) is 13.2 Å². The lowest BCUT2D eigenvalue weighted by molar-refractivity contribution is -0.141. The second-order valence-corrected chi connectivity index (χ2v) is 3.64. The van der Waals surface area contributed by atoms with Crippen LogP contribution in [0.3, 0.4) is 0 Å². The predicted molar refractivity (Wildman–Crippen MR) is 71.0 cm³/mol. The maximum Gasteiger partial charge on any atom is 0.325 e. The number of rotatable bonds is 6. The average Bonchev–Trinajstić information content (AvgIpc) is 2.39. The topological polar surface area (TPSA) is 90.7 Å². The molecule has 0 fully saturated rings. The van der Waals surface area contributed by atoms with E-state index in [4.69, 9.17) is 15.2 Å². The summed E-state index contributed by atoms with van der Waals surface area (Å²) in [5, 5.41) is 2.46. The van der Waals surface area contributed by atoms with Gasteiger partial charge in [0, 0.05) is 0 Å². The number of anilines is 1. The zero-order valence-corrected chi connectivity index (χ0v) is 11.1. The van der Waals surface area contributed by atoms with Crippen LogP contribution in [0.5, 0.6) is 5.75 Å². The average molecular weight is 266 g/mol. The Hall–Kier alpha value is -2.24. The Bertz CT molecular complexity index is 460. The van der Waals surface area contributed by atoms with Crippen molar-refractivity contribution in [3.05, 3.63) is 23.8 Å². The Labute approximate surface area is 111 Å². The number of amides is 1. The van der Waals surface area contributed by atoms with Gasteiger partial charge in [0.2, 0.25) is 0 Å². The first kappa shape index (κ1) is 14.8. The first-order chi connectivity index (χ1) is 9.10. The molecule has 0 heterocycles. The molecular formula is C13H18N2O4. The van der Waals surface area contributed by atoms with Gasteiger partial charge in [0.05, 0.1) is 24.5 Å². The van der Waals surface area contributed by atoms with E-state index in [0.29, 0.717) is 23.6 Å². The van der Waals surface area contributed by atoms with Crippen molar-refractivity contribution >= 4 is 17.6 Å². The van der Waals surface area contributed by atoms with Gasteiger partial charge in [-0.05, 0) is 26.0 Å². The molecule has 0 bridgehead atoms. The number of nitrogen functional groups attached to an aromatic ring is 1. The minimum absolute atomic E-state index is 0.187. The van der Waals surface area contributed by atoms with Crippen LogP contribution in [-0.4, -0.2) is 31.6 Å². The lowest BCUT2D eigenvalue weighted by Crippen LogP contribution is -2.31. The maximum atomic E-state index is 11.9. The van der Waals surface area contributed by atoms with E-state index in [1.165, 1.54) is 0 Å². The van der Waals surface area contributed by atoms with Crippen molar-refractivity contribution in [3.8, 4) is 5.75 Å². The molecule has 0 aliphatic heterocycles. The molecule has 0 aromatic heterocycles. The van der Waals surface area contributed by atoms with Crippen molar-refractivity contribution in [2.75, 3.05) is 25.5 Å². The van der Waals surface area contributed by atoms with Crippen LogP contribution < -0.4 is 15.8 Å². The molecule has 0 aliphatic rings.